The van der Waals surface area contributed by atoms with Gasteiger partial charge in [-0.15, -0.1) is 11.3 Å². The molecule has 20 heavy (non-hydrogen) atoms. The smallest absolute Gasteiger partial charge is 0.347 e. The molecular weight excluding hydrogens is 369 g/mol. The number of nitrogens with one attached hydrogen (secondary N) is 1. The first kappa shape index (κ1) is 17.8. The van der Waals surface area contributed by atoms with E-state index in [-0.39, 0.29) is 38.8 Å². The van der Waals surface area contributed by atoms with Crippen LogP contribution >= 0.6 is 22.9 Å². The van der Waals surface area contributed by atoms with E-state index in [0.717, 1.165) is 21.0 Å². The first-order valence-corrected chi connectivity index (χ1v) is 7.20. The van der Waals surface area contributed by atoms with Crippen LogP contribution in [0.5, 0.6) is 0 Å². The molecule has 1 N–H and O–H groups in total. The Morgan fingerprint density at radius 2 is 1.95 bits per heavy atom. The zero-order valence-electron chi connectivity index (χ0n) is 11.9. The summed E-state index contributed by atoms with van der Waals surface area (Å²) >= 11 is 7.50. The van der Waals surface area contributed by atoms with E-state index in [1.807, 2.05) is 32.9 Å². The van der Waals surface area contributed by atoms with Crippen LogP contribution in [0, 0.1) is 12.8 Å². The van der Waals surface area contributed by atoms with E-state index < -0.39 is 0 Å². The van der Waals surface area contributed by atoms with Crippen molar-refractivity contribution in [2.75, 3.05) is 5.32 Å². The summed E-state index contributed by atoms with van der Waals surface area (Å²) in [6, 6.07) is 4.02. The Labute approximate surface area is 153 Å². The van der Waals surface area contributed by atoms with Crippen molar-refractivity contribution in [2.24, 2.45) is 0 Å². The summed E-state index contributed by atoms with van der Waals surface area (Å²) in [5, 5.41) is 3.28. The first-order valence-electron chi connectivity index (χ1n) is 6.00. The van der Waals surface area contributed by atoms with Crippen LogP contribution in [-0.4, -0.2) is 15.0 Å². The first-order chi connectivity index (χ1) is 8.95. The number of halogens is 1. The third-order valence-electron chi connectivity index (χ3n) is 2.56. The summed E-state index contributed by atoms with van der Waals surface area (Å²) in [6.45, 7) is 7.90. The standard InChI is InChI=1S/C13H16ClN4S.Y/c1-7(2)12-16-9(4)17-13(18-12)15-8(3)10-5-6-11(14)19-10;/h5-6,8H,1-4H3,(H,15,16,17,18);/q-1;+3. The van der Waals surface area contributed by atoms with Crippen LogP contribution < -0.4 is 5.32 Å². The van der Waals surface area contributed by atoms with Crippen LogP contribution in [-0.2, 0) is 32.7 Å². The third kappa shape index (κ3) is 4.66. The Bertz CT molecular complexity index is 573. The van der Waals surface area contributed by atoms with Crippen LogP contribution in [0.4, 0.5) is 5.95 Å². The molecule has 0 saturated carbocycles. The van der Waals surface area contributed by atoms with Gasteiger partial charge < -0.3 is 11.2 Å². The third-order valence-corrected chi connectivity index (χ3v) is 3.97. The minimum Gasteiger partial charge on any atom is -0.347 e. The summed E-state index contributed by atoms with van der Waals surface area (Å²) in [7, 11) is 0. The average molecular weight is 385 g/mol. The number of anilines is 1. The van der Waals surface area contributed by atoms with Crippen LogP contribution in [0.1, 0.15) is 43.3 Å². The van der Waals surface area contributed by atoms with Crippen molar-refractivity contribution in [3.63, 3.8) is 0 Å². The molecule has 0 aliphatic carbocycles. The Balaban J connectivity index is 0.00000200. The molecule has 2 heterocycles. The Kier molecular flexibility index (Phi) is 6.85. The molecule has 4 nitrogen and oxygen atoms in total. The summed E-state index contributed by atoms with van der Waals surface area (Å²) in [5.41, 5.74) is 0. The normalized spacial score (nSPS) is 11.7. The molecule has 0 aromatic carbocycles. The Morgan fingerprint density at radius 3 is 2.50 bits per heavy atom. The molecule has 2 aromatic rings. The Hall–Kier alpha value is -0.226. The van der Waals surface area contributed by atoms with E-state index in [0.29, 0.717) is 11.8 Å². The topological polar surface area (TPSA) is 50.7 Å². The minimum atomic E-state index is 0. The average Bonchev–Trinajstić information content (AvgIpc) is 2.75. The van der Waals surface area contributed by atoms with Crippen molar-refractivity contribution in [3.8, 4) is 0 Å². The van der Waals surface area contributed by atoms with Gasteiger partial charge in [-0.3, -0.25) is 4.98 Å². The predicted octanol–water partition coefficient (Wildman–Crippen LogP) is 4.03. The van der Waals surface area contributed by atoms with Gasteiger partial charge in [-0.2, -0.15) is 18.8 Å². The fourth-order valence-corrected chi connectivity index (χ4v) is 2.66. The van der Waals surface area contributed by atoms with Crippen molar-refractivity contribution in [3.05, 3.63) is 38.9 Å². The zero-order valence-corrected chi connectivity index (χ0v) is 16.3. The van der Waals surface area contributed by atoms with E-state index in [4.69, 9.17) is 11.6 Å². The fraction of sp³-hybridized carbons (Fsp3) is 0.385. The van der Waals surface area contributed by atoms with Crippen LogP contribution in [0.15, 0.2) is 12.1 Å². The molecule has 0 spiro atoms. The summed E-state index contributed by atoms with van der Waals surface area (Å²) < 4.78 is 0.786. The van der Waals surface area contributed by atoms with Gasteiger partial charge in [0.15, 0.2) is 0 Å². The molecule has 7 heteroatoms. The van der Waals surface area contributed by atoms with Gasteiger partial charge in [0.05, 0.1) is 10.4 Å². The second-order valence-electron chi connectivity index (χ2n) is 4.54. The molecule has 0 aliphatic heterocycles. The maximum absolute atomic E-state index is 5.95. The molecular formula is C13H16ClN4SY+2. The molecule has 0 amide bonds. The van der Waals surface area contributed by atoms with E-state index >= 15 is 0 Å². The quantitative estimate of drug-likeness (QED) is 0.809. The number of thiophene rings is 1. The minimum absolute atomic E-state index is 0. The van der Waals surface area contributed by atoms with Crippen molar-refractivity contribution in [1.29, 1.82) is 0 Å². The van der Waals surface area contributed by atoms with Gasteiger partial charge >= 0.3 is 32.7 Å². The van der Waals surface area contributed by atoms with Gasteiger partial charge in [-0.25, -0.2) is 4.98 Å². The monoisotopic (exact) mass is 384 g/mol. The summed E-state index contributed by atoms with van der Waals surface area (Å²) in [6.07, 6.45) is 0. The predicted molar refractivity (Wildman–Crippen MR) is 79.6 cm³/mol. The number of aromatic nitrogens is 3. The molecule has 1 atom stereocenters. The number of aryl methyl sites for hydroxylation is 1. The molecule has 0 aliphatic rings. The molecule has 0 radical (unpaired) electrons. The number of hydrogen-bond donors (Lipinski definition) is 1. The van der Waals surface area contributed by atoms with Gasteiger partial charge in [-0.05, 0) is 26.0 Å². The molecule has 0 saturated heterocycles. The van der Waals surface area contributed by atoms with Gasteiger partial charge in [-0.1, -0.05) is 11.6 Å². The van der Waals surface area contributed by atoms with Gasteiger partial charge in [0.2, 0.25) is 5.95 Å². The zero-order chi connectivity index (χ0) is 14.0. The second-order valence-corrected chi connectivity index (χ2v) is 6.28. The number of rotatable bonds is 4. The van der Waals surface area contributed by atoms with E-state index in [1.54, 1.807) is 11.3 Å². The molecule has 2 rings (SSSR count). The van der Waals surface area contributed by atoms with Gasteiger partial charge in [0, 0.05) is 10.7 Å². The fourth-order valence-electron chi connectivity index (χ4n) is 1.60. The van der Waals surface area contributed by atoms with Crippen LogP contribution in [0.2, 0.25) is 4.34 Å². The molecule has 1 unspecified atom stereocenters. The van der Waals surface area contributed by atoms with Crippen molar-refractivity contribution >= 4 is 28.9 Å². The summed E-state index contributed by atoms with van der Waals surface area (Å²) in [5.74, 6) is 3.11. The maximum Gasteiger partial charge on any atom is 3.00 e. The van der Waals surface area contributed by atoms with Crippen molar-refractivity contribution < 1.29 is 32.7 Å². The van der Waals surface area contributed by atoms with E-state index in [2.05, 4.69) is 27.2 Å². The van der Waals surface area contributed by atoms with E-state index in [9.17, 15) is 0 Å². The molecule has 2 aromatic heterocycles. The number of nitrogens with zero attached hydrogens (tertiary/aromatic N) is 3. The molecule has 0 fully saturated rings. The molecule has 0 bridgehead atoms. The van der Waals surface area contributed by atoms with Gasteiger partial charge in [0.25, 0.3) is 0 Å². The van der Waals surface area contributed by atoms with Crippen LogP contribution in [0.25, 0.3) is 0 Å². The largest absolute Gasteiger partial charge is 3.00 e. The van der Waals surface area contributed by atoms with Crippen LogP contribution in [0.3, 0.4) is 0 Å². The SMILES string of the molecule is Cc1nc(NC(C)c2ccc(Cl)s2)nc([C-](C)C)n1.[Y+3]. The molecule has 102 valence electrons. The van der Waals surface area contributed by atoms with E-state index in [1.165, 1.54) is 0 Å². The number of hydrogen-bond acceptors (Lipinski definition) is 5. The van der Waals surface area contributed by atoms with Gasteiger partial charge in [0.1, 0.15) is 5.82 Å². The Morgan fingerprint density at radius 1 is 1.25 bits per heavy atom. The maximum atomic E-state index is 5.95. The second kappa shape index (κ2) is 7.69. The van der Waals surface area contributed by atoms with Crippen molar-refractivity contribution in [1.82, 2.24) is 15.0 Å². The summed E-state index contributed by atoms with van der Waals surface area (Å²) in [4.78, 5) is 14.2. The van der Waals surface area contributed by atoms with Crippen molar-refractivity contribution in [2.45, 2.75) is 33.7 Å².